The Hall–Kier alpha value is -0.850. The highest BCUT2D eigenvalue weighted by molar-refractivity contribution is 7.58. The van der Waals surface area contributed by atoms with E-state index < -0.39 is 0 Å². The third-order valence-corrected chi connectivity index (χ3v) is 1.48. The fraction of sp³-hybridized carbons (Fsp3) is 0. The van der Waals surface area contributed by atoms with Crippen LogP contribution in [0.15, 0.2) is 18.5 Å². The van der Waals surface area contributed by atoms with Gasteiger partial charge in [-0.05, 0) is 0 Å². The fourth-order valence-electron chi connectivity index (χ4n) is 0.610. The highest BCUT2D eigenvalue weighted by atomic mass is 32.2. The summed E-state index contributed by atoms with van der Waals surface area (Å²) in [6.45, 7) is 0. The first-order chi connectivity index (χ1) is 5.25. The molecule has 6 heteroatoms. The minimum absolute atomic E-state index is 0.421. The Morgan fingerprint density at radius 2 is 2.45 bits per heavy atom. The van der Waals surface area contributed by atoms with E-state index in [4.69, 9.17) is 5.90 Å². The van der Waals surface area contributed by atoms with Crippen molar-refractivity contribution >= 4 is 30.9 Å². The van der Waals surface area contributed by atoms with Crippen LogP contribution < -0.4 is 10.7 Å². The molecular weight excluding hydrogens is 182 g/mol. The van der Waals surface area contributed by atoms with Crippen LogP contribution in [0.2, 0.25) is 0 Å². The van der Waals surface area contributed by atoms with Gasteiger partial charge in [-0.15, -0.1) is 0 Å². The van der Waals surface area contributed by atoms with Crippen molar-refractivity contribution in [2.45, 2.75) is 0 Å². The summed E-state index contributed by atoms with van der Waals surface area (Å²) in [5, 5.41) is 0. The number of hydrogen-bond acceptors (Lipinski definition) is 5. The molecule has 0 radical (unpaired) electrons. The standard InChI is InChI=1S/C5H5N3OS2/c6-9-5-1-2-7-3-4(5)8(10)11/h1-3H,6H2. The van der Waals surface area contributed by atoms with E-state index in [0.717, 1.165) is 3.35 Å². The third kappa shape index (κ3) is 1.79. The molecule has 0 aliphatic heterocycles. The Bertz CT molecular complexity index is 278. The molecule has 0 aromatic carbocycles. The quantitative estimate of drug-likeness (QED) is 0.406. The summed E-state index contributed by atoms with van der Waals surface area (Å²) in [5.41, 5.74) is 0.500. The zero-order chi connectivity index (χ0) is 8.27. The van der Waals surface area contributed by atoms with Crippen LogP contribution in [0.1, 0.15) is 0 Å². The Labute approximate surface area is 74.7 Å². The van der Waals surface area contributed by atoms with Crippen LogP contribution in [0, 0.1) is 0 Å². The number of hydrogen-bond donors (Lipinski definition) is 1. The molecule has 1 rings (SSSR count). The maximum atomic E-state index is 4.94. The van der Waals surface area contributed by atoms with Crippen LogP contribution in [0.4, 0.5) is 5.69 Å². The second-order valence-corrected chi connectivity index (χ2v) is 2.68. The second-order valence-electron chi connectivity index (χ2n) is 1.72. The summed E-state index contributed by atoms with van der Waals surface area (Å²) < 4.78 is 1.05. The molecule has 2 N–H and O–H groups in total. The summed E-state index contributed by atoms with van der Waals surface area (Å²) in [6.07, 6.45) is 3.03. The van der Waals surface area contributed by atoms with Gasteiger partial charge in [0, 0.05) is 12.3 Å². The molecule has 1 heterocycles. The molecule has 0 fully saturated rings. The summed E-state index contributed by atoms with van der Waals surface area (Å²) in [6, 6.07) is 1.58. The van der Waals surface area contributed by atoms with Crippen molar-refractivity contribution < 1.29 is 8.19 Å². The van der Waals surface area contributed by atoms with Gasteiger partial charge in [-0.2, -0.15) is 5.90 Å². The van der Waals surface area contributed by atoms with E-state index in [2.05, 4.69) is 35.1 Å². The number of nitrogens with zero attached hydrogens (tertiary/aromatic N) is 2. The average Bonchev–Trinajstić information content (AvgIpc) is 2.04. The molecule has 4 nitrogen and oxygen atoms in total. The molecule has 0 saturated carbocycles. The third-order valence-electron chi connectivity index (χ3n) is 1.08. The van der Waals surface area contributed by atoms with Gasteiger partial charge in [-0.3, -0.25) is 4.98 Å². The van der Waals surface area contributed by atoms with Crippen molar-refractivity contribution in [3.05, 3.63) is 18.5 Å². The largest absolute Gasteiger partial charge is 0.404 e. The van der Waals surface area contributed by atoms with Crippen LogP contribution in [-0.4, -0.2) is 8.34 Å². The summed E-state index contributed by atoms with van der Waals surface area (Å²) >= 11 is 9.34. The van der Waals surface area contributed by atoms with Gasteiger partial charge >= 0.3 is 0 Å². The van der Waals surface area contributed by atoms with Crippen molar-refractivity contribution in [1.82, 2.24) is 4.98 Å². The van der Waals surface area contributed by atoms with Crippen LogP contribution in [0.5, 0.6) is 5.75 Å². The average molecular weight is 187 g/mol. The lowest BCUT2D eigenvalue weighted by Gasteiger charge is -2.00. The number of rotatable bonds is 2. The monoisotopic (exact) mass is 187 g/mol. The van der Waals surface area contributed by atoms with Gasteiger partial charge in [0.1, 0.15) is 6.20 Å². The first-order valence-corrected chi connectivity index (χ1v) is 3.44. The zero-order valence-electron chi connectivity index (χ0n) is 5.43. The van der Waals surface area contributed by atoms with Crippen molar-refractivity contribution in [3.63, 3.8) is 0 Å². The molecule has 0 aliphatic carbocycles. The topological polar surface area (TPSA) is 51.1 Å². The molecule has 0 saturated heterocycles. The van der Waals surface area contributed by atoms with Crippen molar-refractivity contribution in [2.24, 2.45) is 5.90 Å². The predicted octanol–water partition coefficient (Wildman–Crippen LogP) is 0.171. The Kier molecular flexibility index (Phi) is 2.64. The molecule has 1 aromatic heterocycles. The molecule has 1 aromatic rings. The maximum Gasteiger partial charge on any atom is 0.265 e. The zero-order valence-corrected chi connectivity index (χ0v) is 7.06. The first kappa shape index (κ1) is 8.25. The van der Waals surface area contributed by atoms with Gasteiger partial charge < -0.3 is 4.84 Å². The van der Waals surface area contributed by atoms with E-state index in [1.165, 1.54) is 6.20 Å². The summed E-state index contributed by atoms with van der Waals surface area (Å²) in [5.74, 6) is 5.36. The maximum absolute atomic E-state index is 4.94. The molecule has 0 spiro atoms. The second kappa shape index (κ2) is 3.51. The molecule has 58 valence electrons. The molecule has 0 atom stereocenters. The van der Waals surface area contributed by atoms with Gasteiger partial charge in [0.2, 0.25) is 5.75 Å². The Morgan fingerprint density at radius 1 is 1.73 bits per heavy atom. The van der Waals surface area contributed by atoms with Gasteiger partial charge in [0.15, 0.2) is 0 Å². The molecule has 0 aliphatic rings. The van der Waals surface area contributed by atoms with Gasteiger partial charge in [-0.1, -0.05) is 25.2 Å². The van der Waals surface area contributed by atoms with Crippen LogP contribution in [0.3, 0.4) is 0 Å². The Morgan fingerprint density at radius 3 is 2.91 bits per heavy atom. The molecule has 11 heavy (non-hydrogen) atoms. The van der Waals surface area contributed by atoms with E-state index in [0.29, 0.717) is 11.4 Å². The van der Waals surface area contributed by atoms with Gasteiger partial charge in [0.05, 0.1) is 0 Å². The lowest BCUT2D eigenvalue weighted by Crippen LogP contribution is -2.04. The normalized spacial score (nSPS) is 9.18. The van der Waals surface area contributed by atoms with Gasteiger partial charge in [0.25, 0.3) is 5.69 Å². The molecular formula is C5H5N3OS2. The number of aromatic nitrogens is 1. The molecule has 0 bridgehead atoms. The Balaban J connectivity index is 3.12. The van der Waals surface area contributed by atoms with E-state index in [-0.39, 0.29) is 0 Å². The summed E-state index contributed by atoms with van der Waals surface area (Å²) in [7, 11) is 0. The highest BCUT2D eigenvalue weighted by Gasteiger charge is 2.07. The van der Waals surface area contributed by atoms with Crippen LogP contribution >= 0.6 is 0 Å². The van der Waals surface area contributed by atoms with Crippen LogP contribution in [0.25, 0.3) is 0 Å². The number of pyridine rings is 1. The van der Waals surface area contributed by atoms with E-state index >= 15 is 0 Å². The van der Waals surface area contributed by atoms with E-state index in [1.54, 1.807) is 12.3 Å². The van der Waals surface area contributed by atoms with E-state index in [9.17, 15) is 0 Å². The van der Waals surface area contributed by atoms with Crippen molar-refractivity contribution in [2.75, 3.05) is 0 Å². The highest BCUT2D eigenvalue weighted by Crippen LogP contribution is 2.22. The minimum atomic E-state index is 0.421. The number of nitrogens with two attached hydrogens (primary N) is 1. The lowest BCUT2D eigenvalue weighted by atomic mass is 10.4. The predicted molar refractivity (Wildman–Crippen MR) is 43.7 cm³/mol. The SMILES string of the molecule is NOc1ccncc1[N+](=S)[S-]. The molecule has 0 unspecified atom stereocenters. The summed E-state index contributed by atoms with van der Waals surface area (Å²) in [4.78, 5) is 8.30. The minimum Gasteiger partial charge on any atom is -0.404 e. The van der Waals surface area contributed by atoms with E-state index in [1.807, 2.05) is 0 Å². The smallest absolute Gasteiger partial charge is 0.265 e. The fourth-order valence-corrected chi connectivity index (χ4v) is 0.884. The first-order valence-electron chi connectivity index (χ1n) is 2.71. The van der Waals surface area contributed by atoms with Gasteiger partial charge in [-0.25, -0.2) is 3.35 Å². The van der Waals surface area contributed by atoms with Crippen LogP contribution in [-0.2, 0) is 25.2 Å². The molecule has 0 amide bonds. The van der Waals surface area contributed by atoms with Crippen molar-refractivity contribution in [1.29, 1.82) is 0 Å². The van der Waals surface area contributed by atoms with Crippen molar-refractivity contribution in [3.8, 4) is 5.75 Å². The lowest BCUT2D eigenvalue weighted by molar-refractivity contribution is -0.199.